The Hall–Kier alpha value is 0.440. The predicted molar refractivity (Wildman–Crippen MR) is 65.0 cm³/mol. The van der Waals surface area contributed by atoms with Crippen molar-refractivity contribution in [3.63, 3.8) is 0 Å². The molecule has 1 heterocycles. The first-order valence-corrected chi connectivity index (χ1v) is 6.67. The molecule has 1 nitrogen and oxygen atoms in total. The first-order valence-electron chi connectivity index (χ1n) is 5.75. The van der Waals surface area contributed by atoms with Gasteiger partial charge in [-0.05, 0) is 37.5 Å². The number of halogens is 1. The summed E-state index contributed by atoms with van der Waals surface area (Å²) in [5.74, 6) is 0. The Bertz CT molecular complexity index is 160. The second kappa shape index (κ2) is 5.50. The molecular formula is C12H23BrO. The molecule has 84 valence electrons. The van der Waals surface area contributed by atoms with Gasteiger partial charge in [-0.3, -0.25) is 0 Å². The van der Waals surface area contributed by atoms with Crippen LogP contribution in [0.1, 0.15) is 52.9 Å². The van der Waals surface area contributed by atoms with Gasteiger partial charge in [-0.1, -0.05) is 36.7 Å². The van der Waals surface area contributed by atoms with Crippen LogP contribution in [-0.4, -0.2) is 17.5 Å². The molecule has 1 fully saturated rings. The van der Waals surface area contributed by atoms with E-state index in [0.29, 0.717) is 16.3 Å². The third-order valence-corrected chi connectivity index (χ3v) is 3.32. The Morgan fingerprint density at radius 3 is 2.71 bits per heavy atom. The van der Waals surface area contributed by atoms with Crippen LogP contribution in [0, 0.1) is 5.41 Å². The van der Waals surface area contributed by atoms with Gasteiger partial charge in [0.1, 0.15) is 0 Å². The zero-order valence-corrected chi connectivity index (χ0v) is 11.3. The molecule has 0 saturated carbocycles. The average Bonchev–Trinajstić information content (AvgIpc) is 2.50. The Morgan fingerprint density at radius 1 is 1.50 bits per heavy atom. The van der Waals surface area contributed by atoms with Crippen LogP contribution in [-0.2, 0) is 4.74 Å². The molecule has 14 heavy (non-hydrogen) atoms. The first kappa shape index (κ1) is 12.5. The van der Waals surface area contributed by atoms with E-state index in [4.69, 9.17) is 4.74 Å². The van der Waals surface area contributed by atoms with Gasteiger partial charge in [0.25, 0.3) is 0 Å². The van der Waals surface area contributed by atoms with E-state index in [-0.39, 0.29) is 0 Å². The first-order chi connectivity index (χ1) is 6.49. The molecular weight excluding hydrogens is 240 g/mol. The molecule has 1 aliphatic heterocycles. The fourth-order valence-corrected chi connectivity index (χ4v) is 3.16. The molecule has 0 aliphatic carbocycles. The zero-order chi connectivity index (χ0) is 10.6. The fraction of sp³-hybridized carbons (Fsp3) is 1.00. The van der Waals surface area contributed by atoms with E-state index >= 15 is 0 Å². The molecule has 2 atom stereocenters. The van der Waals surface area contributed by atoms with Crippen LogP contribution in [0.4, 0.5) is 0 Å². The Kier molecular flexibility index (Phi) is 4.92. The standard InChI is InChI=1S/C12H23BrO/c1-10(13)9-12(2,3)7-6-11-5-4-8-14-11/h10-11H,4-9H2,1-3H3. The van der Waals surface area contributed by atoms with E-state index < -0.39 is 0 Å². The highest BCUT2D eigenvalue weighted by atomic mass is 79.9. The van der Waals surface area contributed by atoms with Gasteiger partial charge in [0, 0.05) is 11.4 Å². The summed E-state index contributed by atoms with van der Waals surface area (Å²) in [4.78, 5) is 0.627. The lowest BCUT2D eigenvalue weighted by atomic mass is 9.82. The van der Waals surface area contributed by atoms with Crippen molar-refractivity contribution in [3.05, 3.63) is 0 Å². The monoisotopic (exact) mass is 262 g/mol. The van der Waals surface area contributed by atoms with Crippen molar-refractivity contribution in [2.75, 3.05) is 6.61 Å². The summed E-state index contributed by atoms with van der Waals surface area (Å²) < 4.78 is 5.64. The van der Waals surface area contributed by atoms with Crippen molar-refractivity contribution in [1.82, 2.24) is 0 Å². The van der Waals surface area contributed by atoms with Gasteiger partial charge in [0.2, 0.25) is 0 Å². The van der Waals surface area contributed by atoms with Crippen molar-refractivity contribution in [1.29, 1.82) is 0 Å². The summed E-state index contributed by atoms with van der Waals surface area (Å²) >= 11 is 3.63. The fourth-order valence-electron chi connectivity index (χ4n) is 2.29. The van der Waals surface area contributed by atoms with Gasteiger partial charge >= 0.3 is 0 Å². The smallest absolute Gasteiger partial charge is 0.0576 e. The summed E-state index contributed by atoms with van der Waals surface area (Å²) in [6.07, 6.45) is 6.87. The molecule has 0 spiro atoms. The van der Waals surface area contributed by atoms with Crippen LogP contribution in [0.25, 0.3) is 0 Å². The lowest BCUT2D eigenvalue weighted by molar-refractivity contribution is 0.0906. The van der Waals surface area contributed by atoms with E-state index in [0.717, 1.165) is 6.61 Å². The van der Waals surface area contributed by atoms with E-state index in [2.05, 4.69) is 36.7 Å². The highest BCUT2D eigenvalue weighted by Gasteiger charge is 2.23. The minimum atomic E-state index is 0.453. The molecule has 1 rings (SSSR count). The summed E-state index contributed by atoms with van der Waals surface area (Å²) in [5, 5.41) is 0. The maximum Gasteiger partial charge on any atom is 0.0576 e. The maximum absolute atomic E-state index is 5.64. The molecule has 0 aromatic heterocycles. The number of hydrogen-bond acceptors (Lipinski definition) is 1. The number of ether oxygens (including phenoxy) is 1. The van der Waals surface area contributed by atoms with Crippen LogP contribution < -0.4 is 0 Å². The SMILES string of the molecule is CC(Br)CC(C)(C)CCC1CCCO1. The second-order valence-electron chi connectivity index (χ2n) is 5.32. The van der Waals surface area contributed by atoms with Gasteiger partial charge in [-0.15, -0.1) is 0 Å². The van der Waals surface area contributed by atoms with Gasteiger partial charge in [0.15, 0.2) is 0 Å². The largest absolute Gasteiger partial charge is 0.378 e. The predicted octanol–water partition coefficient (Wildman–Crippen LogP) is 4.15. The molecule has 0 bridgehead atoms. The molecule has 0 aromatic carbocycles. The van der Waals surface area contributed by atoms with Crippen LogP contribution >= 0.6 is 15.9 Å². The highest BCUT2D eigenvalue weighted by Crippen LogP contribution is 2.32. The Labute approximate surface area is 96.7 Å². The van der Waals surface area contributed by atoms with Gasteiger partial charge in [0.05, 0.1) is 6.10 Å². The van der Waals surface area contributed by atoms with Crippen LogP contribution in [0.15, 0.2) is 0 Å². The minimum Gasteiger partial charge on any atom is -0.378 e. The molecule has 0 aromatic rings. The van der Waals surface area contributed by atoms with Crippen molar-refractivity contribution < 1.29 is 4.74 Å². The van der Waals surface area contributed by atoms with Crippen molar-refractivity contribution in [3.8, 4) is 0 Å². The second-order valence-corrected chi connectivity index (χ2v) is 6.89. The van der Waals surface area contributed by atoms with Crippen LogP contribution in [0.2, 0.25) is 0 Å². The summed E-state index contributed by atoms with van der Waals surface area (Å²) in [6.45, 7) is 7.94. The Morgan fingerprint density at radius 2 is 2.21 bits per heavy atom. The molecule has 1 aliphatic rings. The average molecular weight is 263 g/mol. The molecule has 2 heteroatoms. The number of alkyl halides is 1. The maximum atomic E-state index is 5.64. The third kappa shape index (κ3) is 4.79. The molecule has 2 unspecified atom stereocenters. The molecule has 0 radical (unpaired) electrons. The van der Waals surface area contributed by atoms with Crippen molar-refractivity contribution in [2.24, 2.45) is 5.41 Å². The normalized spacial score (nSPS) is 25.3. The lowest BCUT2D eigenvalue weighted by Crippen LogP contribution is -2.18. The molecule has 0 amide bonds. The lowest BCUT2D eigenvalue weighted by Gasteiger charge is -2.27. The topological polar surface area (TPSA) is 9.23 Å². The molecule has 1 saturated heterocycles. The van der Waals surface area contributed by atoms with E-state index in [9.17, 15) is 0 Å². The van der Waals surface area contributed by atoms with Gasteiger partial charge < -0.3 is 4.74 Å². The van der Waals surface area contributed by atoms with Gasteiger partial charge in [-0.25, -0.2) is 0 Å². The van der Waals surface area contributed by atoms with Gasteiger partial charge in [-0.2, -0.15) is 0 Å². The van der Waals surface area contributed by atoms with Crippen LogP contribution in [0.5, 0.6) is 0 Å². The summed E-state index contributed by atoms with van der Waals surface area (Å²) in [5.41, 5.74) is 0.453. The summed E-state index contributed by atoms with van der Waals surface area (Å²) in [7, 11) is 0. The van der Waals surface area contributed by atoms with E-state index in [1.807, 2.05) is 0 Å². The van der Waals surface area contributed by atoms with Crippen LogP contribution in [0.3, 0.4) is 0 Å². The minimum absolute atomic E-state index is 0.453. The third-order valence-electron chi connectivity index (χ3n) is 3.00. The van der Waals surface area contributed by atoms with E-state index in [1.165, 1.54) is 32.1 Å². The zero-order valence-electron chi connectivity index (χ0n) is 9.68. The highest BCUT2D eigenvalue weighted by molar-refractivity contribution is 9.09. The Balaban J connectivity index is 2.20. The quantitative estimate of drug-likeness (QED) is 0.677. The van der Waals surface area contributed by atoms with Crippen molar-refractivity contribution >= 4 is 15.9 Å². The van der Waals surface area contributed by atoms with E-state index in [1.54, 1.807) is 0 Å². The number of rotatable bonds is 5. The molecule has 0 N–H and O–H groups in total. The summed E-state index contributed by atoms with van der Waals surface area (Å²) in [6, 6.07) is 0. The number of hydrogen-bond donors (Lipinski definition) is 0. The van der Waals surface area contributed by atoms with Crippen molar-refractivity contribution in [2.45, 2.75) is 63.8 Å².